The van der Waals surface area contributed by atoms with Crippen LogP contribution in [0.5, 0.6) is 0 Å². The van der Waals surface area contributed by atoms with E-state index in [1.807, 2.05) is 19.9 Å². The Kier molecular flexibility index (Phi) is 4.12. The van der Waals surface area contributed by atoms with Crippen molar-refractivity contribution in [2.24, 2.45) is 0 Å². The van der Waals surface area contributed by atoms with Gasteiger partial charge in [-0.2, -0.15) is 5.26 Å². The highest BCUT2D eigenvalue weighted by Crippen LogP contribution is 2.29. The summed E-state index contributed by atoms with van der Waals surface area (Å²) in [7, 11) is 0. The van der Waals surface area contributed by atoms with Crippen molar-refractivity contribution in [1.82, 2.24) is 14.8 Å². The molecule has 5 nitrogen and oxygen atoms in total. The van der Waals surface area contributed by atoms with Crippen molar-refractivity contribution in [1.29, 1.82) is 5.26 Å². The Balaban J connectivity index is 2.40. The summed E-state index contributed by atoms with van der Waals surface area (Å²) in [5, 5.41) is 16.0. The second kappa shape index (κ2) is 5.63. The molecule has 1 heterocycles. The lowest BCUT2D eigenvalue weighted by molar-refractivity contribution is 0.534. The van der Waals surface area contributed by atoms with Crippen LogP contribution in [0.15, 0.2) is 37.5 Å². The zero-order chi connectivity index (χ0) is 14.0. The molecule has 0 spiro atoms. The summed E-state index contributed by atoms with van der Waals surface area (Å²) in [4.78, 5) is 12.5. The van der Waals surface area contributed by atoms with Crippen LogP contribution >= 0.6 is 27.7 Å². The van der Waals surface area contributed by atoms with Crippen molar-refractivity contribution in [3.8, 4) is 6.07 Å². The van der Waals surface area contributed by atoms with Crippen molar-refractivity contribution in [2.75, 3.05) is 0 Å². The molecule has 0 saturated heterocycles. The smallest absolute Gasteiger partial charge is 0.267 e. The number of hydrogen-bond acceptors (Lipinski definition) is 4. The van der Waals surface area contributed by atoms with Crippen LogP contribution in [0.4, 0.5) is 0 Å². The minimum atomic E-state index is -0.229. The number of nitriles is 1. The molecule has 0 aliphatic rings. The highest BCUT2D eigenvalue weighted by molar-refractivity contribution is 9.10. The van der Waals surface area contributed by atoms with Crippen LogP contribution < -0.4 is 5.69 Å². The van der Waals surface area contributed by atoms with Gasteiger partial charge < -0.3 is 0 Å². The summed E-state index contributed by atoms with van der Waals surface area (Å²) in [6.07, 6.45) is 0. The van der Waals surface area contributed by atoms with Crippen molar-refractivity contribution < 1.29 is 0 Å². The van der Waals surface area contributed by atoms with Gasteiger partial charge in [0.05, 0.1) is 11.6 Å². The lowest BCUT2D eigenvalue weighted by atomic mass is 10.2. The first-order valence-corrected chi connectivity index (χ1v) is 7.17. The van der Waals surface area contributed by atoms with E-state index in [2.05, 4.69) is 32.2 Å². The molecule has 19 heavy (non-hydrogen) atoms. The van der Waals surface area contributed by atoms with Crippen LogP contribution in [0.25, 0.3) is 0 Å². The van der Waals surface area contributed by atoms with Crippen LogP contribution in [-0.2, 0) is 0 Å². The molecule has 98 valence electrons. The Morgan fingerprint density at radius 1 is 1.47 bits per heavy atom. The van der Waals surface area contributed by atoms with E-state index < -0.39 is 0 Å². The molecular weight excluding hydrogens is 328 g/mol. The first-order valence-electron chi connectivity index (χ1n) is 5.56. The molecule has 7 heteroatoms. The molecule has 0 fully saturated rings. The monoisotopic (exact) mass is 338 g/mol. The van der Waals surface area contributed by atoms with Crippen molar-refractivity contribution in [2.45, 2.75) is 29.9 Å². The maximum atomic E-state index is 11.6. The molecular formula is C12H11BrN4OS. The minimum Gasteiger partial charge on any atom is -0.267 e. The van der Waals surface area contributed by atoms with E-state index in [4.69, 9.17) is 5.26 Å². The Hall–Kier alpha value is -1.52. The zero-order valence-electron chi connectivity index (χ0n) is 10.3. The maximum Gasteiger partial charge on any atom is 0.344 e. The SMILES string of the molecule is CC(C)n1c(Sc2cc(Br)cc(C#N)c2)n[nH]c1=O. The maximum absolute atomic E-state index is 11.6. The van der Waals surface area contributed by atoms with Crippen LogP contribution in [0.3, 0.4) is 0 Å². The van der Waals surface area contributed by atoms with Crippen LogP contribution in [0, 0.1) is 11.3 Å². The van der Waals surface area contributed by atoms with E-state index in [1.54, 1.807) is 16.7 Å². The molecule has 1 aromatic heterocycles. The number of aromatic amines is 1. The second-order valence-electron chi connectivity index (χ2n) is 4.16. The van der Waals surface area contributed by atoms with Crippen LogP contribution in [0.1, 0.15) is 25.5 Å². The van der Waals surface area contributed by atoms with E-state index in [0.717, 1.165) is 9.37 Å². The Bertz CT molecular complexity index is 698. The average molecular weight is 339 g/mol. The number of rotatable bonds is 3. The fourth-order valence-electron chi connectivity index (χ4n) is 1.61. The number of nitrogens with one attached hydrogen (secondary N) is 1. The summed E-state index contributed by atoms with van der Waals surface area (Å²) >= 11 is 4.71. The quantitative estimate of drug-likeness (QED) is 0.933. The molecule has 0 radical (unpaired) electrons. The largest absolute Gasteiger partial charge is 0.344 e. The van der Waals surface area contributed by atoms with E-state index in [1.165, 1.54) is 11.8 Å². The molecule has 2 rings (SSSR count). The standard InChI is InChI=1S/C12H11BrN4OS/c1-7(2)17-11(18)15-16-12(17)19-10-4-8(6-14)3-9(13)5-10/h3-5,7H,1-2H3,(H,15,18). The molecule has 0 saturated carbocycles. The van der Waals surface area contributed by atoms with E-state index in [0.29, 0.717) is 10.7 Å². The van der Waals surface area contributed by atoms with Gasteiger partial charge in [0.2, 0.25) is 0 Å². The minimum absolute atomic E-state index is 0.0244. The van der Waals surface area contributed by atoms with Gasteiger partial charge in [-0.1, -0.05) is 15.9 Å². The van der Waals surface area contributed by atoms with Gasteiger partial charge in [0.1, 0.15) is 0 Å². The Morgan fingerprint density at radius 3 is 2.84 bits per heavy atom. The number of nitrogens with zero attached hydrogens (tertiary/aromatic N) is 3. The number of H-pyrrole nitrogens is 1. The summed E-state index contributed by atoms with van der Waals surface area (Å²) in [5.74, 6) is 0. The Labute approximate surface area is 122 Å². The molecule has 2 aromatic rings. The zero-order valence-corrected chi connectivity index (χ0v) is 12.7. The summed E-state index contributed by atoms with van der Waals surface area (Å²) in [5.41, 5.74) is 0.332. The third kappa shape index (κ3) is 3.08. The van der Waals surface area contributed by atoms with Gasteiger partial charge in [0, 0.05) is 15.4 Å². The first-order chi connectivity index (χ1) is 9.01. The van der Waals surface area contributed by atoms with Gasteiger partial charge in [-0.05, 0) is 43.8 Å². The lowest BCUT2D eigenvalue weighted by Gasteiger charge is -2.08. The molecule has 0 aliphatic heterocycles. The fraction of sp³-hybridized carbons (Fsp3) is 0.250. The number of hydrogen-bond donors (Lipinski definition) is 1. The molecule has 0 amide bonds. The van der Waals surface area contributed by atoms with Crippen LogP contribution in [0.2, 0.25) is 0 Å². The van der Waals surface area contributed by atoms with E-state index >= 15 is 0 Å². The predicted molar refractivity (Wildman–Crippen MR) is 76.2 cm³/mol. The third-order valence-corrected chi connectivity index (χ3v) is 3.80. The topological polar surface area (TPSA) is 74.5 Å². The summed E-state index contributed by atoms with van der Waals surface area (Å²) < 4.78 is 2.40. The number of benzene rings is 1. The van der Waals surface area contributed by atoms with Gasteiger partial charge in [-0.3, -0.25) is 4.57 Å². The summed E-state index contributed by atoms with van der Waals surface area (Å²) in [6, 6.07) is 7.51. The van der Waals surface area contributed by atoms with Gasteiger partial charge in [0.25, 0.3) is 0 Å². The lowest BCUT2D eigenvalue weighted by Crippen LogP contribution is -2.19. The van der Waals surface area contributed by atoms with Gasteiger partial charge in [-0.25, -0.2) is 9.89 Å². The Morgan fingerprint density at radius 2 is 2.21 bits per heavy atom. The molecule has 0 bridgehead atoms. The van der Waals surface area contributed by atoms with Crippen molar-refractivity contribution in [3.05, 3.63) is 38.7 Å². The number of aromatic nitrogens is 3. The summed E-state index contributed by atoms with van der Waals surface area (Å²) in [6.45, 7) is 3.84. The highest BCUT2D eigenvalue weighted by Gasteiger charge is 2.13. The second-order valence-corrected chi connectivity index (χ2v) is 6.12. The molecule has 0 atom stereocenters. The van der Waals surface area contributed by atoms with Gasteiger partial charge >= 0.3 is 5.69 Å². The molecule has 1 N–H and O–H groups in total. The molecule has 1 aromatic carbocycles. The van der Waals surface area contributed by atoms with E-state index in [-0.39, 0.29) is 11.7 Å². The fourth-order valence-corrected chi connectivity index (χ4v) is 3.32. The van der Waals surface area contributed by atoms with Crippen LogP contribution in [-0.4, -0.2) is 14.8 Å². The van der Waals surface area contributed by atoms with Gasteiger partial charge in [-0.15, -0.1) is 5.10 Å². The predicted octanol–water partition coefficient (Wildman–Crippen LogP) is 2.94. The first kappa shape index (κ1) is 13.9. The normalized spacial score (nSPS) is 10.7. The van der Waals surface area contributed by atoms with Crippen molar-refractivity contribution in [3.63, 3.8) is 0 Å². The molecule has 0 aliphatic carbocycles. The van der Waals surface area contributed by atoms with Gasteiger partial charge in [0.15, 0.2) is 5.16 Å². The third-order valence-electron chi connectivity index (χ3n) is 2.40. The number of halogens is 1. The van der Waals surface area contributed by atoms with E-state index in [9.17, 15) is 4.79 Å². The molecule has 0 unspecified atom stereocenters. The average Bonchev–Trinajstić information content (AvgIpc) is 2.69. The van der Waals surface area contributed by atoms with Crippen molar-refractivity contribution >= 4 is 27.7 Å². The highest BCUT2D eigenvalue weighted by atomic mass is 79.9.